The van der Waals surface area contributed by atoms with Crippen molar-refractivity contribution in [2.75, 3.05) is 13.2 Å². The van der Waals surface area contributed by atoms with Gasteiger partial charge in [-0.05, 0) is 53.4 Å². The summed E-state index contributed by atoms with van der Waals surface area (Å²) in [6.45, 7) is 13.3. The van der Waals surface area contributed by atoms with Crippen molar-refractivity contribution in [3.05, 3.63) is 0 Å². The van der Waals surface area contributed by atoms with E-state index >= 15 is 0 Å². The molecule has 192 valence electrons. The zero-order valence-corrected chi connectivity index (χ0v) is 22.4. The normalized spacial score (nSPS) is 8.27. The van der Waals surface area contributed by atoms with Gasteiger partial charge in [0.1, 0.15) is 0 Å². The van der Waals surface area contributed by atoms with Gasteiger partial charge in [0.25, 0.3) is 0 Å². The molecule has 0 amide bonds. The third kappa shape index (κ3) is 72.6. The van der Waals surface area contributed by atoms with Crippen molar-refractivity contribution in [3.8, 4) is 0 Å². The molecule has 0 unspecified atom stereocenters. The fraction of sp³-hybridized carbons (Fsp3) is 0.750. The van der Waals surface area contributed by atoms with Gasteiger partial charge in [-0.15, -0.1) is 5.23 Å². The van der Waals surface area contributed by atoms with E-state index in [2.05, 4.69) is 13.8 Å². The van der Waals surface area contributed by atoms with Crippen LogP contribution < -0.4 is 20.4 Å². The standard InChI is InChI=1S/C12H26N2O2.4C2H4O2.Ti/c1-5-9-15-14(16-10-6-2)12(13)11(7-3)8-4;4*1-2(3)4;/h11,13H,5-10H2,1-4H3;4*1H3,(H,3,4);/q;;;;;+4/p-4. The summed E-state index contributed by atoms with van der Waals surface area (Å²) in [5.74, 6) is -3.68. The van der Waals surface area contributed by atoms with Crippen molar-refractivity contribution in [3.63, 3.8) is 0 Å². The van der Waals surface area contributed by atoms with E-state index in [-0.39, 0.29) is 27.6 Å². The van der Waals surface area contributed by atoms with Crippen LogP contribution in [-0.2, 0) is 50.6 Å². The van der Waals surface area contributed by atoms with Crippen LogP contribution in [0.25, 0.3) is 0 Å². The number of hydrogen-bond acceptors (Lipinski definition) is 11. The first kappa shape index (κ1) is 44.6. The van der Waals surface area contributed by atoms with Gasteiger partial charge in [0.2, 0.25) is 0 Å². The molecule has 0 aliphatic rings. The Kier molecular flexibility index (Phi) is 46.8. The molecule has 0 radical (unpaired) electrons. The number of aliphatic carboxylic acids is 4. The van der Waals surface area contributed by atoms with E-state index in [0.29, 0.717) is 19.0 Å². The zero-order chi connectivity index (χ0) is 26.7. The van der Waals surface area contributed by atoms with E-state index in [4.69, 9.17) is 54.7 Å². The van der Waals surface area contributed by atoms with Crippen molar-refractivity contribution in [1.29, 1.82) is 5.41 Å². The van der Waals surface area contributed by atoms with E-state index in [9.17, 15) is 0 Å². The van der Waals surface area contributed by atoms with E-state index < -0.39 is 23.9 Å². The van der Waals surface area contributed by atoms with Crippen LogP contribution in [-0.4, -0.2) is 48.2 Å². The van der Waals surface area contributed by atoms with E-state index in [1.165, 1.54) is 5.23 Å². The van der Waals surface area contributed by atoms with Crippen LogP contribution in [0.5, 0.6) is 0 Å². The summed E-state index contributed by atoms with van der Waals surface area (Å²) >= 11 is 0. The SMILES string of the molecule is CC(=O)[O-].CC(=O)[O-].CC(=O)[O-].CC(=O)[O-].CCCON(OCCC)C(=N)C(CC)CC.[Ti+4]. The summed E-state index contributed by atoms with van der Waals surface area (Å²) in [7, 11) is 0. The number of hydroxylamine groups is 2. The van der Waals surface area contributed by atoms with Crippen LogP contribution in [0.1, 0.15) is 81.1 Å². The molecule has 0 saturated heterocycles. The van der Waals surface area contributed by atoms with Crippen LogP contribution in [0.15, 0.2) is 0 Å². The largest absolute Gasteiger partial charge is 4.00 e. The predicted octanol–water partition coefficient (Wildman–Crippen LogP) is -1.59. The summed E-state index contributed by atoms with van der Waals surface area (Å²) in [5.41, 5.74) is 0. The second kappa shape index (κ2) is 34.6. The number of nitrogens with one attached hydrogen (secondary N) is 1. The molecule has 0 aromatic carbocycles. The maximum Gasteiger partial charge on any atom is 4.00 e. The number of rotatable bonds is 9. The molecule has 0 rings (SSSR count). The first-order valence-corrected chi connectivity index (χ1v) is 9.98. The minimum Gasteiger partial charge on any atom is -0.550 e. The Labute approximate surface area is 211 Å². The van der Waals surface area contributed by atoms with Crippen LogP contribution in [0.2, 0.25) is 0 Å². The smallest absolute Gasteiger partial charge is 0.550 e. The number of nitrogens with zero attached hydrogens (tertiary/aromatic N) is 1. The Morgan fingerprint density at radius 3 is 1.06 bits per heavy atom. The van der Waals surface area contributed by atoms with Gasteiger partial charge in [0.05, 0.1) is 13.2 Å². The zero-order valence-electron chi connectivity index (χ0n) is 20.8. The van der Waals surface area contributed by atoms with Gasteiger partial charge in [-0.1, -0.05) is 27.7 Å². The number of carboxylic acids is 4. The summed E-state index contributed by atoms with van der Waals surface area (Å²) in [5, 5.41) is 44.9. The predicted molar refractivity (Wildman–Crippen MR) is 109 cm³/mol. The number of carbonyl (C=O) groups is 4. The third-order valence-electron chi connectivity index (χ3n) is 2.39. The fourth-order valence-corrected chi connectivity index (χ4v) is 1.35. The minimum atomic E-state index is -1.08. The van der Waals surface area contributed by atoms with Crippen molar-refractivity contribution in [2.24, 2.45) is 5.92 Å². The molecule has 0 fully saturated rings. The van der Waals surface area contributed by atoms with Gasteiger partial charge < -0.3 is 39.6 Å². The van der Waals surface area contributed by atoms with Crippen LogP contribution in [0.4, 0.5) is 0 Å². The Morgan fingerprint density at radius 2 is 0.909 bits per heavy atom. The molecular weight excluding hydrogens is 476 g/mol. The van der Waals surface area contributed by atoms with Gasteiger partial charge in [-0.3, -0.25) is 5.41 Å². The van der Waals surface area contributed by atoms with Crippen LogP contribution >= 0.6 is 0 Å². The average Bonchev–Trinajstić information content (AvgIpc) is 2.61. The Hall–Kier alpha value is -2.02. The van der Waals surface area contributed by atoms with Crippen molar-refractivity contribution in [1.82, 2.24) is 5.23 Å². The maximum atomic E-state index is 8.89. The van der Waals surface area contributed by atoms with Gasteiger partial charge in [0.15, 0.2) is 5.84 Å². The summed E-state index contributed by atoms with van der Waals surface area (Å²) in [6.07, 6.45) is 3.72. The topological polar surface area (TPSA) is 206 Å². The Bertz CT molecular complexity index is 429. The molecule has 0 aliphatic heterocycles. The molecule has 0 spiro atoms. The molecule has 0 aliphatic carbocycles. The summed E-state index contributed by atoms with van der Waals surface area (Å²) in [4.78, 5) is 46.4. The molecule has 0 atom stereocenters. The Balaban J connectivity index is -0.0000000875. The average molecular weight is 514 g/mol. The summed E-state index contributed by atoms with van der Waals surface area (Å²) < 4.78 is 0. The molecule has 0 heterocycles. The summed E-state index contributed by atoms with van der Waals surface area (Å²) in [6, 6.07) is 0. The van der Waals surface area contributed by atoms with Crippen LogP contribution in [0.3, 0.4) is 0 Å². The Morgan fingerprint density at radius 1 is 0.697 bits per heavy atom. The van der Waals surface area contributed by atoms with Crippen molar-refractivity contribution in [2.45, 2.75) is 81.1 Å². The van der Waals surface area contributed by atoms with E-state index in [1.54, 1.807) is 0 Å². The molecule has 0 aromatic heterocycles. The number of hydrogen-bond donors (Lipinski definition) is 1. The second-order valence-electron chi connectivity index (χ2n) is 5.79. The molecule has 13 heteroatoms. The number of carbonyl (C=O) groups excluding carboxylic acids is 4. The van der Waals surface area contributed by atoms with Gasteiger partial charge in [0, 0.05) is 29.8 Å². The van der Waals surface area contributed by atoms with E-state index in [1.807, 2.05) is 13.8 Å². The third-order valence-corrected chi connectivity index (χ3v) is 2.39. The minimum absolute atomic E-state index is 0. The van der Waals surface area contributed by atoms with Crippen molar-refractivity contribution < 1.29 is 71.0 Å². The molecule has 0 bridgehead atoms. The number of amidine groups is 1. The van der Waals surface area contributed by atoms with Gasteiger partial charge in [-0.2, -0.15) is 0 Å². The first-order chi connectivity index (χ1) is 14.6. The van der Waals surface area contributed by atoms with Crippen molar-refractivity contribution >= 4 is 29.7 Å². The number of carboxylic acid groups (broad SMARTS) is 4. The van der Waals surface area contributed by atoms with Crippen LogP contribution in [0, 0.1) is 11.3 Å². The monoisotopic (exact) mass is 514 g/mol. The maximum absolute atomic E-state index is 8.89. The quantitative estimate of drug-likeness (QED) is 0.161. The second-order valence-corrected chi connectivity index (χ2v) is 5.79. The van der Waals surface area contributed by atoms with Gasteiger partial charge >= 0.3 is 21.7 Å². The first-order valence-electron chi connectivity index (χ1n) is 9.98. The van der Waals surface area contributed by atoms with Gasteiger partial charge in [-0.25, -0.2) is 9.68 Å². The fourth-order valence-electron chi connectivity index (χ4n) is 1.35. The van der Waals surface area contributed by atoms with E-state index in [0.717, 1.165) is 53.4 Å². The molecule has 1 N–H and O–H groups in total. The molecular formula is C20H38N2O10Ti. The molecule has 12 nitrogen and oxygen atoms in total. The molecule has 0 aromatic rings. The molecule has 33 heavy (non-hydrogen) atoms. The molecule has 0 saturated carbocycles.